The van der Waals surface area contributed by atoms with E-state index in [2.05, 4.69) is 10.6 Å². The zero-order chi connectivity index (χ0) is 17.5. The van der Waals surface area contributed by atoms with Crippen molar-refractivity contribution in [3.05, 3.63) is 11.8 Å². The van der Waals surface area contributed by atoms with Crippen LogP contribution in [0.3, 0.4) is 0 Å². The van der Waals surface area contributed by atoms with Crippen LogP contribution in [0.4, 0.5) is 4.79 Å². The van der Waals surface area contributed by atoms with Crippen LogP contribution < -0.4 is 10.6 Å². The standard InChI is InChI=1S/C16H28N2O5/c1-14(2)7-12(15(3,4)18-14)23-13(20)17-10-8-21-16(5,6)22-9-11(10)19/h7,10-11,18-19H,8-9H2,1-6H3,(H,17,20). The van der Waals surface area contributed by atoms with Crippen molar-refractivity contribution >= 4 is 6.09 Å². The Kier molecular flexibility index (Phi) is 4.79. The normalized spacial score (nSPS) is 31.9. The number of aliphatic hydroxyl groups excluding tert-OH is 1. The van der Waals surface area contributed by atoms with E-state index in [0.29, 0.717) is 5.76 Å². The summed E-state index contributed by atoms with van der Waals surface area (Å²) >= 11 is 0. The molecule has 1 saturated heterocycles. The predicted molar refractivity (Wildman–Crippen MR) is 84.8 cm³/mol. The molecule has 7 nitrogen and oxygen atoms in total. The summed E-state index contributed by atoms with van der Waals surface area (Å²) in [5, 5.41) is 16.1. The number of ether oxygens (including phenoxy) is 3. The van der Waals surface area contributed by atoms with Crippen molar-refractivity contribution in [2.75, 3.05) is 13.2 Å². The van der Waals surface area contributed by atoms with E-state index in [4.69, 9.17) is 14.2 Å². The van der Waals surface area contributed by atoms with Crippen molar-refractivity contribution in [3.8, 4) is 0 Å². The monoisotopic (exact) mass is 328 g/mol. The average molecular weight is 328 g/mol. The molecule has 2 aliphatic rings. The van der Waals surface area contributed by atoms with Gasteiger partial charge in [-0.3, -0.25) is 5.32 Å². The van der Waals surface area contributed by atoms with E-state index in [-0.39, 0.29) is 18.8 Å². The summed E-state index contributed by atoms with van der Waals surface area (Å²) in [6, 6.07) is -0.588. The molecular weight excluding hydrogens is 300 g/mol. The molecule has 0 bridgehead atoms. The quantitative estimate of drug-likeness (QED) is 0.707. The first kappa shape index (κ1) is 18.2. The highest BCUT2D eigenvalue weighted by Crippen LogP contribution is 2.30. The third kappa shape index (κ3) is 4.67. The zero-order valence-electron chi connectivity index (χ0n) is 14.7. The molecule has 3 N–H and O–H groups in total. The van der Waals surface area contributed by atoms with E-state index in [0.717, 1.165) is 0 Å². The molecule has 7 heteroatoms. The minimum absolute atomic E-state index is 0.0841. The maximum Gasteiger partial charge on any atom is 0.412 e. The van der Waals surface area contributed by atoms with Crippen LogP contribution in [0.2, 0.25) is 0 Å². The number of hydrogen-bond donors (Lipinski definition) is 3. The fourth-order valence-corrected chi connectivity index (χ4v) is 2.83. The Balaban J connectivity index is 1.97. The van der Waals surface area contributed by atoms with Gasteiger partial charge < -0.3 is 24.6 Å². The van der Waals surface area contributed by atoms with Crippen molar-refractivity contribution in [1.82, 2.24) is 10.6 Å². The molecule has 2 heterocycles. The van der Waals surface area contributed by atoms with Gasteiger partial charge in [0.15, 0.2) is 5.79 Å². The summed E-state index contributed by atoms with van der Waals surface area (Å²) in [6.45, 7) is 11.7. The van der Waals surface area contributed by atoms with E-state index >= 15 is 0 Å². The van der Waals surface area contributed by atoms with E-state index in [1.807, 2.05) is 33.8 Å². The maximum absolute atomic E-state index is 12.2. The van der Waals surface area contributed by atoms with Gasteiger partial charge in [0.2, 0.25) is 0 Å². The summed E-state index contributed by atoms with van der Waals surface area (Å²) in [4.78, 5) is 12.2. The van der Waals surface area contributed by atoms with Gasteiger partial charge in [-0.15, -0.1) is 0 Å². The molecule has 1 amide bonds. The summed E-state index contributed by atoms with van der Waals surface area (Å²) in [5.74, 6) is -0.230. The Bertz CT molecular complexity index is 499. The van der Waals surface area contributed by atoms with Crippen molar-refractivity contribution in [2.45, 2.75) is 70.6 Å². The second-order valence-corrected chi connectivity index (χ2v) is 7.71. The number of aliphatic hydroxyl groups is 1. The molecule has 0 aromatic carbocycles. The molecule has 0 radical (unpaired) electrons. The second-order valence-electron chi connectivity index (χ2n) is 7.71. The topological polar surface area (TPSA) is 89.1 Å². The van der Waals surface area contributed by atoms with Gasteiger partial charge in [0.1, 0.15) is 5.76 Å². The molecule has 0 saturated carbocycles. The lowest BCUT2D eigenvalue weighted by atomic mass is 10.1. The number of rotatable bonds is 2. The molecule has 0 aromatic heterocycles. The molecule has 0 spiro atoms. The fourth-order valence-electron chi connectivity index (χ4n) is 2.83. The Morgan fingerprint density at radius 2 is 1.87 bits per heavy atom. The highest BCUT2D eigenvalue weighted by atomic mass is 16.7. The summed E-state index contributed by atoms with van der Waals surface area (Å²) < 4.78 is 16.4. The van der Waals surface area contributed by atoms with Gasteiger partial charge in [-0.2, -0.15) is 0 Å². The SMILES string of the molecule is CC1(C)C=C(OC(=O)NC2COC(C)(C)OCC2O)C(C)(C)N1. The molecule has 2 unspecified atom stereocenters. The highest BCUT2D eigenvalue weighted by molar-refractivity contribution is 5.69. The van der Waals surface area contributed by atoms with Crippen molar-refractivity contribution in [3.63, 3.8) is 0 Å². The van der Waals surface area contributed by atoms with Gasteiger partial charge in [-0.1, -0.05) is 0 Å². The molecular formula is C16H28N2O5. The highest BCUT2D eigenvalue weighted by Gasteiger charge is 2.40. The number of hydrogen-bond acceptors (Lipinski definition) is 6. The van der Waals surface area contributed by atoms with Crippen LogP contribution in [-0.4, -0.2) is 53.4 Å². The van der Waals surface area contributed by atoms with E-state index in [1.54, 1.807) is 13.8 Å². The fraction of sp³-hybridized carbons (Fsp3) is 0.812. The molecule has 0 aromatic rings. The minimum Gasteiger partial charge on any atom is -0.413 e. The lowest BCUT2D eigenvalue weighted by molar-refractivity contribution is -0.203. The van der Waals surface area contributed by atoms with Crippen molar-refractivity contribution in [2.24, 2.45) is 0 Å². The lowest BCUT2D eigenvalue weighted by Crippen LogP contribution is -2.49. The van der Waals surface area contributed by atoms with E-state index < -0.39 is 29.6 Å². The van der Waals surface area contributed by atoms with Crippen LogP contribution in [0.1, 0.15) is 41.5 Å². The van der Waals surface area contributed by atoms with Crippen LogP contribution in [0.5, 0.6) is 0 Å². The molecule has 23 heavy (non-hydrogen) atoms. The van der Waals surface area contributed by atoms with Crippen molar-refractivity contribution in [1.29, 1.82) is 0 Å². The van der Waals surface area contributed by atoms with E-state index in [9.17, 15) is 9.90 Å². The van der Waals surface area contributed by atoms with E-state index in [1.165, 1.54) is 0 Å². The van der Waals surface area contributed by atoms with Gasteiger partial charge in [0.25, 0.3) is 0 Å². The number of carbonyl (C=O) groups is 1. The Morgan fingerprint density at radius 1 is 1.26 bits per heavy atom. The number of amides is 1. The van der Waals surface area contributed by atoms with Gasteiger partial charge >= 0.3 is 6.09 Å². The Hall–Kier alpha value is -1.15. The summed E-state index contributed by atoms with van der Waals surface area (Å²) in [7, 11) is 0. The predicted octanol–water partition coefficient (Wildman–Crippen LogP) is 1.27. The Labute approximate surface area is 137 Å². The third-order valence-corrected chi connectivity index (χ3v) is 3.93. The van der Waals surface area contributed by atoms with Crippen LogP contribution in [0.25, 0.3) is 0 Å². The van der Waals surface area contributed by atoms with Crippen LogP contribution in [0, 0.1) is 0 Å². The van der Waals surface area contributed by atoms with Crippen molar-refractivity contribution < 1.29 is 24.1 Å². The molecule has 132 valence electrons. The third-order valence-electron chi connectivity index (χ3n) is 3.93. The maximum atomic E-state index is 12.2. The minimum atomic E-state index is -0.857. The second kappa shape index (κ2) is 6.05. The van der Waals surface area contributed by atoms with Gasteiger partial charge in [-0.25, -0.2) is 4.79 Å². The lowest BCUT2D eigenvalue weighted by Gasteiger charge is -2.27. The van der Waals surface area contributed by atoms with Crippen LogP contribution >= 0.6 is 0 Å². The smallest absolute Gasteiger partial charge is 0.412 e. The number of alkyl carbamates (subject to hydrolysis) is 1. The number of nitrogens with one attached hydrogen (secondary N) is 2. The summed E-state index contributed by atoms with van der Waals surface area (Å²) in [6.07, 6.45) is 0.416. The Morgan fingerprint density at radius 3 is 2.43 bits per heavy atom. The van der Waals surface area contributed by atoms with Crippen LogP contribution in [0.15, 0.2) is 11.8 Å². The summed E-state index contributed by atoms with van der Waals surface area (Å²) in [5.41, 5.74) is -0.688. The van der Waals surface area contributed by atoms with Gasteiger partial charge in [0, 0.05) is 5.54 Å². The number of carbonyl (C=O) groups excluding carboxylic acids is 1. The van der Waals surface area contributed by atoms with Gasteiger partial charge in [0.05, 0.1) is 30.9 Å². The molecule has 2 atom stereocenters. The molecule has 1 fully saturated rings. The molecule has 2 rings (SSSR count). The molecule has 2 aliphatic heterocycles. The van der Waals surface area contributed by atoms with Crippen LogP contribution in [-0.2, 0) is 14.2 Å². The first-order chi connectivity index (χ1) is 10.4. The first-order valence-corrected chi connectivity index (χ1v) is 7.87. The van der Waals surface area contributed by atoms with Gasteiger partial charge in [-0.05, 0) is 47.6 Å². The first-order valence-electron chi connectivity index (χ1n) is 7.87. The largest absolute Gasteiger partial charge is 0.413 e. The average Bonchev–Trinajstić information content (AvgIpc) is 2.49. The molecule has 0 aliphatic carbocycles. The zero-order valence-corrected chi connectivity index (χ0v) is 14.7.